The van der Waals surface area contributed by atoms with Crippen LogP contribution in [0.3, 0.4) is 0 Å². The molecule has 164 valence electrons. The Morgan fingerprint density at radius 2 is 1.90 bits per heavy atom. The van der Waals surface area contributed by atoms with Gasteiger partial charge in [0.2, 0.25) is 15.9 Å². The first-order valence-corrected chi connectivity index (χ1v) is 12.1. The molecule has 2 aromatic carbocycles. The van der Waals surface area contributed by atoms with E-state index in [0.717, 1.165) is 12.1 Å². The van der Waals surface area contributed by atoms with Gasteiger partial charge in [-0.05, 0) is 42.7 Å². The molecule has 2 N–H and O–H groups in total. The molecule has 0 saturated carbocycles. The standard InChI is InChI=1S/C20H25FN2O5S2/c1-27-15-6-5-7-16(14-15)28-12-11-22-20(24)18(10-13-29-2)23-30(25,26)19-9-4-3-8-17(19)21/h3-9,14,18,23H,10-13H2,1-2H3,(H,22,24). The van der Waals surface area contributed by atoms with E-state index in [2.05, 4.69) is 10.0 Å². The van der Waals surface area contributed by atoms with E-state index in [1.807, 2.05) is 6.26 Å². The van der Waals surface area contributed by atoms with Gasteiger partial charge in [-0.25, -0.2) is 12.8 Å². The molecule has 2 rings (SSSR count). The van der Waals surface area contributed by atoms with Gasteiger partial charge in [0.25, 0.3) is 0 Å². The number of carbonyl (C=O) groups excluding carboxylic acids is 1. The van der Waals surface area contributed by atoms with Gasteiger partial charge in [0.05, 0.1) is 13.7 Å². The number of nitrogens with one attached hydrogen (secondary N) is 2. The smallest absolute Gasteiger partial charge is 0.244 e. The Bertz CT molecular complexity index is 940. The number of benzene rings is 2. The van der Waals surface area contributed by atoms with Crippen molar-refractivity contribution in [2.45, 2.75) is 17.4 Å². The van der Waals surface area contributed by atoms with Crippen LogP contribution in [0.5, 0.6) is 11.5 Å². The Labute approximate surface area is 180 Å². The minimum Gasteiger partial charge on any atom is -0.497 e. The van der Waals surface area contributed by atoms with Crippen molar-refractivity contribution in [1.29, 1.82) is 0 Å². The fraction of sp³-hybridized carbons (Fsp3) is 0.350. The zero-order valence-corrected chi connectivity index (χ0v) is 18.4. The number of hydrogen-bond acceptors (Lipinski definition) is 6. The largest absolute Gasteiger partial charge is 0.497 e. The van der Waals surface area contributed by atoms with Crippen LogP contribution >= 0.6 is 11.8 Å². The van der Waals surface area contributed by atoms with Crippen molar-refractivity contribution >= 4 is 27.7 Å². The van der Waals surface area contributed by atoms with E-state index in [1.54, 1.807) is 31.4 Å². The Hall–Kier alpha value is -2.30. The molecule has 0 radical (unpaired) electrons. The van der Waals surface area contributed by atoms with Crippen LogP contribution in [0, 0.1) is 5.82 Å². The number of hydrogen-bond donors (Lipinski definition) is 2. The number of rotatable bonds is 12. The summed E-state index contributed by atoms with van der Waals surface area (Å²) in [7, 11) is -2.64. The second-order valence-corrected chi connectivity index (χ2v) is 8.87. The van der Waals surface area contributed by atoms with Crippen molar-refractivity contribution < 1.29 is 27.1 Å². The summed E-state index contributed by atoms with van der Waals surface area (Å²) in [6.07, 6.45) is 2.11. The molecule has 0 fully saturated rings. The normalized spacial score (nSPS) is 12.2. The fourth-order valence-electron chi connectivity index (χ4n) is 2.55. The topological polar surface area (TPSA) is 93.7 Å². The van der Waals surface area contributed by atoms with Gasteiger partial charge in [-0.2, -0.15) is 16.5 Å². The van der Waals surface area contributed by atoms with E-state index < -0.39 is 32.7 Å². The van der Waals surface area contributed by atoms with E-state index in [9.17, 15) is 17.6 Å². The van der Waals surface area contributed by atoms with Crippen LogP contribution in [-0.4, -0.2) is 52.6 Å². The number of halogens is 1. The number of carbonyl (C=O) groups is 1. The molecule has 0 spiro atoms. The third-order valence-electron chi connectivity index (χ3n) is 4.06. The van der Waals surface area contributed by atoms with Gasteiger partial charge in [0.15, 0.2) is 0 Å². The van der Waals surface area contributed by atoms with Crippen LogP contribution in [0.15, 0.2) is 53.4 Å². The predicted octanol–water partition coefficient (Wildman–Crippen LogP) is 2.43. The minimum absolute atomic E-state index is 0.174. The van der Waals surface area contributed by atoms with Crippen LogP contribution in [0.2, 0.25) is 0 Å². The molecule has 30 heavy (non-hydrogen) atoms. The molecule has 0 aliphatic carbocycles. The third-order valence-corrected chi connectivity index (χ3v) is 6.21. The molecule has 1 atom stereocenters. The third kappa shape index (κ3) is 7.19. The van der Waals surface area contributed by atoms with E-state index in [0.29, 0.717) is 17.3 Å². The van der Waals surface area contributed by atoms with Crippen molar-refractivity contribution in [3.05, 3.63) is 54.3 Å². The highest BCUT2D eigenvalue weighted by atomic mass is 32.2. The molecule has 0 aromatic heterocycles. The van der Waals surface area contributed by atoms with Gasteiger partial charge in [-0.15, -0.1) is 0 Å². The summed E-state index contributed by atoms with van der Waals surface area (Å²) in [5, 5.41) is 2.65. The first-order chi connectivity index (χ1) is 14.4. The molecular formula is C20H25FN2O5S2. The Morgan fingerprint density at radius 1 is 1.17 bits per heavy atom. The predicted molar refractivity (Wildman–Crippen MR) is 115 cm³/mol. The highest BCUT2D eigenvalue weighted by Crippen LogP contribution is 2.18. The first-order valence-electron chi connectivity index (χ1n) is 9.17. The van der Waals surface area contributed by atoms with E-state index in [-0.39, 0.29) is 19.6 Å². The molecular weight excluding hydrogens is 431 g/mol. The summed E-state index contributed by atoms with van der Waals surface area (Å²) < 4.78 is 52.0. The van der Waals surface area contributed by atoms with Crippen LogP contribution in [0.4, 0.5) is 4.39 Å². The lowest BCUT2D eigenvalue weighted by atomic mass is 10.2. The number of ether oxygens (including phenoxy) is 2. The number of amides is 1. The van der Waals surface area contributed by atoms with Crippen LogP contribution in [0.25, 0.3) is 0 Å². The summed E-state index contributed by atoms with van der Waals surface area (Å²) in [6, 6.07) is 11.0. The molecule has 1 unspecified atom stereocenters. The van der Waals surface area contributed by atoms with Gasteiger partial charge in [-0.3, -0.25) is 4.79 Å². The molecule has 0 aliphatic rings. The van der Waals surface area contributed by atoms with Crippen molar-refractivity contribution in [3.63, 3.8) is 0 Å². The molecule has 0 saturated heterocycles. The van der Waals surface area contributed by atoms with Crippen LogP contribution < -0.4 is 19.5 Å². The van der Waals surface area contributed by atoms with Crippen molar-refractivity contribution in [1.82, 2.24) is 10.0 Å². The van der Waals surface area contributed by atoms with Gasteiger partial charge in [0.1, 0.15) is 34.9 Å². The molecule has 2 aromatic rings. The van der Waals surface area contributed by atoms with Crippen LogP contribution in [-0.2, 0) is 14.8 Å². The maximum absolute atomic E-state index is 13.9. The monoisotopic (exact) mass is 456 g/mol. The average molecular weight is 457 g/mol. The number of thioether (sulfide) groups is 1. The summed E-state index contributed by atoms with van der Waals surface area (Å²) in [5.41, 5.74) is 0. The van der Waals surface area contributed by atoms with E-state index in [1.165, 1.54) is 23.9 Å². The maximum atomic E-state index is 13.9. The zero-order chi connectivity index (χ0) is 22.0. The molecule has 1 amide bonds. The Balaban J connectivity index is 1.95. The summed E-state index contributed by atoms with van der Waals surface area (Å²) in [4.78, 5) is 12.0. The average Bonchev–Trinajstić information content (AvgIpc) is 2.74. The quantitative estimate of drug-likeness (QED) is 0.477. The van der Waals surface area contributed by atoms with E-state index in [4.69, 9.17) is 9.47 Å². The zero-order valence-electron chi connectivity index (χ0n) is 16.8. The summed E-state index contributed by atoms with van der Waals surface area (Å²) in [5.74, 6) is 0.413. The number of sulfonamides is 1. The summed E-state index contributed by atoms with van der Waals surface area (Å²) in [6.45, 7) is 0.363. The minimum atomic E-state index is -4.19. The highest BCUT2D eigenvalue weighted by molar-refractivity contribution is 7.98. The van der Waals surface area contributed by atoms with Crippen molar-refractivity contribution in [3.8, 4) is 11.5 Å². The second kappa shape index (κ2) is 11.8. The Morgan fingerprint density at radius 3 is 2.60 bits per heavy atom. The lowest BCUT2D eigenvalue weighted by Gasteiger charge is -2.18. The lowest BCUT2D eigenvalue weighted by Crippen LogP contribution is -2.47. The molecule has 0 heterocycles. The summed E-state index contributed by atoms with van der Waals surface area (Å²) >= 11 is 1.48. The van der Waals surface area contributed by atoms with Crippen molar-refractivity contribution in [2.24, 2.45) is 0 Å². The first kappa shape index (κ1) is 24.0. The SMILES string of the molecule is COc1cccc(OCCNC(=O)C(CCSC)NS(=O)(=O)c2ccccc2F)c1. The molecule has 0 bridgehead atoms. The van der Waals surface area contributed by atoms with Gasteiger partial charge in [0, 0.05) is 6.07 Å². The molecule has 0 aliphatic heterocycles. The lowest BCUT2D eigenvalue weighted by molar-refractivity contribution is -0.122. The molecule has 10 heteroatoms. The highest BCUT2D eigenvalue weighted by Gasteiger charge is 2.27. The second-order valence-electron chi connectivity index (χ2n) is 6.20. The van der Waals surface area contributed by atoms with E-state index >= 15 is 0 Å². The maximum Gasteiger partial charge on any atom is 0.244 e. The fourth-order valence-corrected chi connectivity index (χ4v) is 4.33. The van der Waals surface area contributed by atoms with Gasteiger partial charge >= 0.3 is 0 Å². The number of methoxy groups -OCH3 is 1. The van der Waals surface area contributed by atoms with Crippen molar-refractivity contribution in [2.75, 3.05) is 32.3 Å². The Kier molecular flexibility index (Phi) is 9.41. The van der Waals surface area contributed by atoms with Crippen LogP contribution in [0.1, 0.15) is 6.42 Å². The van der Waals surface area contributed by atoms with Gasteiger partial charge in [-0.1, -0.05) is 18.2 Å². The molecule has 7 nitrogen and oxygen atoms in total. The van der Waals surface area contributed by atoms with Gasteiger partial charge < -0.3 is 14.8 Å².